The second kappa shape index (κ2) is 5.42. The molecule has 0 aliphatic rings. The largest absolute Gasteiger partial charge is 0.481 e. The Morgan fingerprint density at radius 2 is 2.00 bits per heavy atom. The molecule has 0 aromatic heterocycles. The van der Waals surface area contributed by atoms with E-state index in [4.69, 9.17) is 0 Å². The molecule has 3 heteroatoms. The van der Waals surface area contributed by atoms with Crippen LogP contribution < -0.4 is 4.90 Å². The highest BCUT2D eigenvalue weighted by Gasteiger charge is 2.32. The molecular weight excluding hydrogens is 226 g/mol. The van der Waals surface area contributed by atoms with Crippen molar-refractivity contribution >= 4 is 11.7 Å². The number of aryl methyl sites for hydroxylation is 2. The molecule has 1 rings (SSSR count). The zero-order valence-electron chi connectivity index (χ0n) is 11.9. The van der Waals surface area contributed by atoms with Crippen molar-refractivity contribution in [2.45, 2.75) is 34.1 Å². The van der Waals surface area contributed by atoms with Crippen molar-refractivity contribution in [3.8, 4) is 0 Å². The van der Waals surface area contributed by atoms with Gasteiger partial charge in [0.2, 0.25) is 0 Å². The van der Waals surface area contributed by atoms with Gasteiger partial charge in [-0.2, -0.15) is 0 Å². The second-order valence-corrected chi connectivity index (χ2v) is 5.37. The number of aliphatic carboxylic acids is 1. The van der Waals surface area contributed by atoms with E-state index in [9.17, 15) is 9.90 Å². The van der Waals surface area contributed by atoms with E-state index in [1.165, 1.54) is 11.1 Å². The molecule has 0 saturated carbocycles. The number of hydrogen-bond acceptors (Lipinski definition) is 2. The van der Waals surface area contributed by atoms with Crippen LogP contribution >= 0.6 is 0 Å². The summed E-state index contributed by atoms with van der Waals surface area (Å²) in [6.45, 7) is 8.36. The second-order valence-electron chi connectivity index (χ2n) is 5.37. The topological polar surface area (TPSA) is 40.5 Å². The lowest BCUT2D eigenvalue weighted by molar-refractivity contribution is -0.147. The predicted molar refractivity (Wildman–Crippen MR) is 75.2 cm³/mol. The Morgan fingerprint density at radius 1 is 1.39 bits per heavy atom. The van der Waals surface area contributed by atoms with Crippen LogP contribution in [0.15, 0.2) is 18.2 Å². The average molecular weight is 249 g/mol. The lowest BCUT2D eigenvalue weighted by atomic mass is 9.87. The molecule has 0 radical (unpaired) electrons. The highest BCUT2D eigenvalue weighted by Crippen LogP contribution is 2.27. The fourth-order valence-corrected chi connectivity index (χ4v) is 2.17. The molecule has 1 atom stereocenters. The number of nitrogens with zero attached hydrogens (tertiary/aromatic N) is 1. The zero-order chi connectivity index (χ0) is 13.9. The maximum Gasteiger partial charge on any atom is 0.311 e. The number of carboxylic acid groups (broad SMARTS) is 1. The van der Waals surface area contributed by atoms with E-state index >= 15 is 0 Å². The van der Waals surface area contributed by atoms with Gasteiger partial charge >= 0.3 is 5.97 Å². The first kappa shape index (κ1) is 14.6. The fraction of sp³-hybridized carbons (Fsp3) is 0.533. The summed E-state index contributed by atoms with van der Waals surface area (Å²) in [6, 6.07) is 6.24. The summed E-state index contributed by atoms with van der Waals surface area (Å²) in [7, 11) is 1.95. The number of anilines is 1. The smallest absolute Gasteiger partial charge is 0.311 e. The molecule has 1 aromatic carbocycles. The van der Waals surface area contributed by atoms with Crippen molar-refractivity contribution in [2.75, 3.05) is 18.5 Å². The minimum Gasteiger partial charge on any atom is -0.481 e. The third kappa shape index (κ3) is 3.03. The lowest BCUT2D eigenvalue weighted by Crippen LogP contribution is -2.39. The van der Waals surface area contributed by atoms with Gasteiger partial charge in [0.25, 0.3) is 0 Å². The van der Waals surface area contributed by atoms with Crippen LogP contribution in [0.1, 0.15) is 31.4 Å². The fourth-order valence-electron chi connectivity index (χ4n) is 2.17. The van der Waals surface area contributed by atoms with Gasteiger partial charge in [-0.15, -0.1) is 0 Å². The molecule has 0 fully saturated rings. The molecule has 0 aliphatic carbocycles. The first-order valence-corrected chi connectivity index (χ1v) is 6.32. The highest BCUT2D eigenvalue weighted by atomic mass is 16.4. The molecule has 0 saturated heterocycles. The van der Waals surface area contributed by atoms with Gasteiger partial charge in [-0.05, 0) is 38.8 Å². The number of rotatable bonds is 5. The van der Waals surface area contributed by atoms with Gasteiger partial charge in [-0.25, -0.2) is 0 Å². The van der Waals surface area contributed by atoms with E-state index in [1.807, 2.05) is 18.9 Å². The maximum absolute atomic E-state index is 11.3. The van der Waals surface area contributed by atoms with E-state index in [-0.39, 0.29) is 0 Å². The van der Waals surface area contributed by atoms with Crippen LogP contribution in [0.4, 0.5) is 5.69 Å². The summed E-state index contributed by atoms with van der Waals surface area (Å²) < 4.78 is 0. The van der Waals surface area contributed by atoms with E-state index < -0.39 is 11.4 Å². The molecule has 0 bridgehead atoms. The van der Waals surface area contributed by atoms with Crippen molar-refractivity contribution in [3.05, 3.63) is 29.3 Å². The van der Waals surface area contributed by atoms with Crippen molar-refractivity contribution < 1.29 is 9.90 Å². The van der Waals surface area contributed by atoms with Crippen molar-refractivity contribution in [2.24, 2.45) is 5.41 Å². The van der Waals surface area contributed by atoms with Crippen LogP contribution in [0.25, 0.3) is 0 Å². The molecule has 100 valence electrons. The van der Waals surface area contributed by atoms with Crippen molar-refractivity contribution in [1.82, 2.24) is 0 Å². The molecular formula is C15H23NO2. The first-order chi connectivity index (χ1) is 8.30. The predicted octanol–water partition coefficient (Wildman–Crippen LogP) is 3.24. The number of hydrogen-bond donors (Lipinski definition) is 1. The monoisotopic (exact) mass is 249 g/mol. The van der Waals surface area contributed by atoms with Crippen LogP contribution in [-0.4, -0.2) is 24.7 Å². The molecule has 1 aromatic rings. The van der Waals surface area contributed by atoms with Crippen LogP contribution in [0, 0.1) is 19.3 Å². The average Bonchev–Trinajstić information content (AvgIpc) is 2.28. The Morgan fingerprint density at radius 3 is 2.44 bits per heavy atom. The molecule has 0 spiro atoms. The van der Waals surface area contributed by atoms with Gasteiger partial charge in [0.1, 0.15) is 0 Å². The van der Waals surface area contributed by atoms with E-state index in [2.05, 4.69) is 32.0 Å². The minimum absolute atomic E-state index is 0.517. The minimum atomic E-state index is -0.735. The molecule has 1 N–H and O–H groups in total. The van der Waals surface area contributed by atoms with Crippen LogP contribution in [0.5, 0.6) is 0 Å². The molecule has 0 amide bonds. The molecule has 0 heterocycles. The van der Waals surface area contributed by atoms with E-state index in [0.717, 1.165) is 5.69 Å². The normalized spacial score (nSPS) is 14.1. The third-order valence-electron chi connectivity index (χ3n) is 3.65. The summed E-state index contributed by atoms with van der Waals surface area (Å²) in [5, 5.41) is 9.32. The van der Waals surface area contributed by atoms with Gasteiger partial charge in [0, 0.05) is 19.3 Å². The Bertz CT molecular complexity index is 442. The molecule has 18 heavy (non-hydrogen) atoms. The van der Waals surface area contributed by atoms with E-state index in [1.54, 1.807) is 6.92 Å². The third-order valence-corrected chi connectivity index (χ3v) is 3.65. The number of carbonyl (C=O) groups is 1. The summed E-state index contributed by atoms with van der Waals surface area (Å²) >= 11 is 0. The highest BCUT2D eigenvalue weighted by molar-refractivity contribution is 5.75. The van der Waals surface area contributed by atoms with E-state index in [0.29, 0.717) is 13.0 Å². The first-order valence-electron chi connectivity index (χ1n) is 6.32. The standard InChI is InChI=1S/C15H23NO2/c1-6-15(4,14(17)18)10-16(5)13-8-7-11(2)9-12(13)3/h7-9H,6,10H2,1-5H3,(H,17,18). The van der Waals surface area contributed by atoms with Crippen LogP contribution in [0.3, 0.4) is 0 Å². The molecule has 0 aliphatic heterocycles. The van der Waals surface area contributed by atoms with Gasteiger partial charge in [-0.3, -0.25) is 4.79 Å². The zero-order valence-corrected chi connectivity index (χ0v) is 11.9. The van der Waals surface area contributed by atoms with Crippen LogP contribution in [0.2, 0.25) is 0 Å². The Balaban J connectivity index is 2.94. The molecule has 1 unspecified atom stereocenters. The Kier molecular flexibility index (Phi) is 4.38. The maximum atomic E-state index is 11.3. The summed E-state index contributed by atoms with van der Waals surface area (Å²) in [5.74, 6) is -0.735. The van der Waals surface area contributed by atoms with Gasteiger partial charge in [0.05, 0.1) is 5.41 Å². The van der Waals surface area contributed by atoms with Crippen molar-refractivity contribution in [3.63, 3.8) is 0 Å². The quantitative estimate of drug-likeness (QED) is 0.871. The summed E-state index contributed by atoms with van der Waals surface area (Å²) in [4.78, 5) is 13.4. The lowest BCUT2D eigenvalue weighted by Gasteiger charge is -2.31. The van der Waals surface area contributed by atoms with Crippen LogP contribution in [-0.2, 0) is 4.79 Å². The van der Waals surface area contributed by atoms with Gasteiger partial charge < -0.3 is 10.0 Å². The van der Waals surface area contributed by atoms with Crippen molar-refractivity contribution in [1.29, 1.82) is 0 Å². The summed E-state index contributed by atoms with van der Waals surface area (Å²) in [5.41, 5.74) is 2.80. The summed E-state index contributed by atoms with van der Waals surface area (Å²) in [6.07, 6.45) is 0.623. The van der Waals surface area contributed by atoms with Gasteiger partial charge in [0.15, 0.2) is 0 Å². The number of carboxylic acids is 1. The SMILES string of the molecule is CCC(C)(CN(C)c1ccc(C)cc1C)C(=O)O. The molecule has 3 nitrogen and oxygen atoms in total. The van der Waals surface area contributed by atoms with Gasteiger partial charge in [-0.1, -0.05) is 24.6 Å². The Labute approximate surface area is 109 Å². The number of benzene rings is 1. The Hall–Kier alpha value is -1.51.